The first-order valence-corrected chi connectivity index (χ1v) is 4.71. The van der Waals surface area contributed by atoms with Crippen LogP contribution in [-0.2, 0) is 19.1 Å². The maximum absolute atomic E-state index is 9.59. The second kappa shape index (κ2) is 14.1. The summed E-state index contributed by atoms with van der Waals surface area (Å²) in [7, 11) is 2.95. The van der Waals surface area contributed by atoms with Crippen molar-refractivity contribution in [3.05, 3.63) is 30.3 Å². The number of hydrogen-bond donors (Lipinski definition) is 0. The Kier molecular flexibility index (Phi) is 14.5. The minimum atomic E-state index is -0.245. The lowest BCUT2D eigenvalue weighted by molar-refractivity contribution is -0.137. The van der Waals surface area contributed by atoms with Crippen LogP contribution in [0.25, 0.3) is 0 Å². The van der Waals surface area contributed by atoms with E-state index in [2.05, 4.69) is 4.74 Å². The maximum atomic E-state index is 9.59. The van der Waals surface area contributed by atoms with E-state index in [1.807, 2.05) is 37.1 Å². The molecule has 0 N–H and O–H groups in total. The molecule has 96 valence electrons. The molecule has 17 heavy (non-hydrogen) atoms. The fourth-order valence-electron chi connectivity index (χ4n) is 0.644. The molecular weight excluding hydrogens is 224 g/mol. The van der Waals surface area contributed by atoms with Gasteiger partial charge in [0.1, 0.15) is 12.5 Å². The van der Waals surface area contributed by atoms with Crippen LogP contribution in [0.3, 0.4) is 0 Å². The average molecular weight is 242 g/mol. The van der Waals surface area contributed by atoms with Crippen molar-refractivity contribution < 1.29 is 23.8 Å². The van der Waals surface area contributed by atoms with Crippen LogP contribution in [0.4, 0.5) is 0 Å². The van der Waals surface area contributed by atoms with Crippen LogP contribution in [0.5, 0.6) is 5.75 Å². The van der Waals surface area contributed by atoms with E-state index in [0.29, 0.717) is 6.79 Å². The third-order valence-corrected chi connectivity index (χ3v) is 1.37. The molecule has 0 bridgehead atoms. The van der Waals surface area contributed by atoms with Crippen molar-refractivity contribution in [2.45, 2.75) is 6.92 Å². The van der Waals surface area contributed by atoms with Crippen LogP contribution in [0.1, 0.15) is 6.92 Å². The molecule has 5 heteroatoms. The SMILES string of the molecule is C=O.COC(C)=O.COCOc1ccccc1. The predicted molar refractivity (Wildman–Crippen MR) is 63.8 cm³/mol. The summed E-state index contributed by atoms with van der Waals surface area (Å²) in [5.41, 5.74) is 0. The predicted octanol–water partition coefficient (Wildman–Crippen LogP) is 1.66. The third kappa shape index (κ3) is 14.1. The van der Waals surface area contributed by atoms with Crippen LogP contribution < -0.4 is 4.74 Å². The van der Waals surface area contributed by atoms with Crippen LogP contribution >= 0.6 is 0 Å². The van der Waals surface area contributed by atoms with E-state index in [1.54, 1.807) is 7.11 Å². The van der Waals surface area contributed by atoms with E-state index in [9.17, 15) is 4.79 Å². The Labute approximate surface area is 101 Å². The smallest absolute Gasteiger partial charge is 0.302 e. The Morgan fingerprint density at radius 3 is 2.00 bits per heavy atom. The standard InChI is InChI=1S/C8H10O2.C3H6O2.CH2O/c1-9-7-10-8-5-3-2-4-6-8;1-3(4)5-2;1-2/h2-6H,7H2,1H3;1-2H3;1H2. The summed E-state index contributed by atoms with van der Waals surface area (Å²) in [6, 6.07) is 9.56. The van der Waals surface area contributed by atoms with Gasteiger partial charge in [-0.3, -0.25) is 4.79 Å². The van der Waals surface area contributed by atoms with Crippen molar-refractivity contribution in [2.75, 3.05) is 21.0 Å². The lowest BCUT2D eigenvalue weighted by atomic mass is 10.3. The molecule has 0 heterocycles. The minimum absolute atomic E-state index is 0.245. The lowest BCUT2D eigenvalue weighted by Crippen LogP contribution is -1.97. The number of carbonyl (C=O) groups excluding carboxylic acids is 2. The molecule has 1 aromatic carbocycles. The third-order valence-electron chi connectivity index (χ3n) is 1.37. The van der Waals surface area contributed by atoms with Crippen molar-refractivity contribution in [1.82, 2.24) is 0 Å². The summed E-state index contributed by atoms with van der Waals surface area (Å²) in [5.74, 6) is 0.592. The molecule has 1 aromatic rings. The lowest BCUT2D eigenvalue weighted by Gasteiger charge is -2.01. The highest BCUT2D eigenvalue weighted by Crippen LogP contribution is 2.07. The summed E-state index contributed by atoms with van der Waals surface area (Å²) < 4.78 is 14.0. The molecule has 0 fully saturated rings. The van der Waals surface area contributed by atoms with Crippen LogP contribution in [0.15, 0.2) is 30.3 Å². The van der Waals surface area contributed by atoms with Crippen LogP contribution in [0, 0.1) is 0 Å². The average Bonchev–Trinajstić information content (AvgIpc) is 2.40. The van der Waals surface area contributed by atoms with Gasteiger partial charge in [0.05, 0.1) is 7.11 Å². The number of hydrogen-bond acceptors (Lipinski definition) is 5. The first-order valence-electron chi connectivity index (χ1n) is 4.71. The highest BCUT2D eigenvalue weighted by Gasteiger charge is 1.86. The largest absolute Gasteiger partial charge is 0.469 e. The maximum Gasteiger partial charge on any atom is 0.302 e. The van der Waals surface area contributed by atoms with Crippen LogP contribution in [-0.4, -0.2) is 33.8 Å². The molecule has 0 aliphatic rings. The molecule has 0 spiro atoms. The molecule has 0 atom stereocenters. The summed E-state index contributed by atoms with van der Waals surface area (Å²) in [6.45, 7) is 3.67. The van der Waals surface area contributed by atoms with Gasteiger partial charge >= 0.3 is 5.97 Å². The van der Waals surface area contributed by atoms with Gasteiger partial charge in [-0.25, -0.2) is 0 Å². The van der Waals surface area contributed by atoms with Crippen molar-refractivity contribution in [3.63, 3.8) is 0 Å². The number of esters is 1. The zero-order valence-corrected chi connectivity index (χ0v) is 10.3. The number of methoxy groups -OCH3 is 2. The van der Waals surface area contributed by atoms with Gasteiger partial charge in [-0.1, -0.05) is 18.2 Å². The fraction of sp³-hybridized carbons (Fsp3) is 0.333. The molecule has 0 aliphatic heterocycles. The molecule has 0 aromatic heterocycles. The minimum Gasteiger partial charge on any atom is -0.469 e. The van der Waals surface area contributed by atoms with Gasteiger partial charge in [0.15, 0.2) is 6.79 Å². The summed E-state index contributed by atoms with van der Waals surface area (Å²) in [4.78, 5) is 17.6. The second-order valence-electron chi connectivity index (χ2n) is 2.56. The Hall–Kier alpha value is -1.88. The molecule has 5 nitrogen and oxygen atoms in total. The molecule has 0 unspecified atom stereocenters. The van der Waals surface area contributed by atoms with Gasteiger partial charge in [0, 0.05) is 14.0 Å². The summed E-state index contributed by atoms with van der Waals surface area (Å²) >= 11 is 0. The summed E-state index contributed by atoms with van der Waals surface area (Å²) in [5, 5.41) is 0. The topological polar surface area (TPSA) is 61.8 Å². The molecule has 0 radical (unpaired) electrons. The van der Waals surface area contributed by atoms with Gasteiger partial charge < -0.3 is 19.0 Å². The van der Waals surface area contributed by atoms with E-state index in [0.717, 1.165) is 5.75 Å². The highest BCUT2D eigenvalue weighted by molar-refractivity contribution is 5.65. The van der Waals surface area contributed by atoms with Gasteiger partial charge in [-0.2, -0.15) is 0 Å². The number of ether oxygens (including phenoxy) is 3. The summed E-state index contributed by atoms with van der Waals surface area (Å²) in [6.07, 6.45) is 0. The molecular formula is C12H18O5. The Morgan fingerprint density at radius 1 is 1.18 bits per heavy atom. The van der Waals surface area contributed by atoms with E-state index >= 15 is 0 Å². The highest BCUT2D eigenvalue weighted by atomic mass is 16.7. The fourth-order valence-corrected chi connectivity index (χ4v) is 0.644. The number of rotatable bonds is 3. The molecule has 1 rings (SSSR count). The Morgan fingerprint density at radius 2 is 1.65 bits per heavy atom. The second-order valence-corrected chi connectivity index (χ2v) is 2.56. The quantitative estimate of drug-likeness (QED) is 0.596. The molecule has 0 saturated carbocycles. The van der Waals surface area contributed by atoms with Crippen molar-refractivity contribution in [2.24, 2.45) is 0 Å². The van der Waals surface area contributed by atoms with E-state index < -0.39 is 0 Å². The Balaban J connectivity index is 0. The monoisotopic (exact) mass is 242 g/mol. The molecule has 0 amide bonds. The first kappa shape index (κ1) is 17.5. The van der Waals surface area contributed by atoms with E-state index in [1.165, 1.54) is 14.0 Å². The number of para-hydroxylation sites is 1. The van der Waals surface area contributed by atoms with Gasteiger partial charge in [-0.15, -0.1) is 0 Å². The molecule has 0 aliphatic carbocycles. The number of carbonyl (C=O) groups is 2. The zero-order chi connectivity index (χ0) is 13.5. The van der Waals surface area contributed by atoms with Crippen molar-refractivity contribution >= 4 is 12.8 Å². The zero-order valence-electron chi connectivity index (χ0n) is 10.3. The Bertz CT molecular complexity index is 273. The molecule has 0 saturated heterocycles. The van der Waals surface area contributed by atoms with Crippen molar-refractivity contribution in [1.29, 1.82) is 0 Å². The first-order chi connectivity index (χ1) is 8.20. The number of benzene rings is 1. The van der Waals surface area contributed by atoms with Crippen LogP contribution in [0.2, 0.25) is 0 Å². The van der Waals surface area contributed by atoms with Crippen molar-refractivity contribution in [3.8, 4) is 5.75 Å². The van der Waals surface area contributed by atoms with Gasteiger partial charge in [-0.05, 0) is 12.1 Å². The van der Waals surface area contributed by atoms with Gasteiger partial charge in [0.2, 0.25) is 0 Å². The van der Waals surface area contributed by atoms with E-state index in [-0.39, 0.29) is 5.97 Å². The normalized spacial score (nSPS) is 7.71. The van der Waals surface area contributed by atoms with E-state index in [4.69, 9.17) is 14.3 Å². The van der Waals surface area contributed by atoms with Gasteiger partial charge in [0.25, 0.3) is 0 Å².